The Morgan fingerprint density at radius 2 is 2.00 bits per heavy atom. The van der Waals surface area contributed by atoms with Crippen LogP contribution in [0.15, 0.2) is 47.1 Å². The average Bonchev–Trinajstić information content (AvgIpc) is 3.06. The van der Waals surface area contributed by atoms with Crippen molar-refractivity contribution in [3.8, 4) is 0 Å². The Labute approximate surface area is 131 Å². The van der Waals surface area contributed by atoms with Crippen LogP contribution in [0.2, 0.25) is 0 Å². The normalized spacial score (nSPS) is 16.6. The van der Waals surface area contributed by atoms with Gasteiger partial charge in [0.25, 0.3) is 5.91 Å². The Bertz CT molecular complexity index is 614. The molecule has 22 heavy (non-hydrogen) atoms. The first-order valence-electron chi connectivity index (χ1n) is 7.83. The molecular weight excluding hydrogens is 276 g/mol. The molecule has 1 saturated heterocycles. The van der Waals surface area contributed by atoms with Crippen molar-refractivity contribution in [3.63, 3.8) is 0 Å². The van der Waals surface area contributed by atoms with E-state index in [0.29, 0.717) is 5.76 Å². The van der Waals surface area contributed by atoms with Crippen LogP contribution in [0.5, 0.6) is 0 Å². The Kier molecular flexibility index (Phi) is 4.59. The Hall–Kier alpha value is -2.07. The van der Waals surface area contributed by atoms with E-state index >= 15 is 0 Å². The van der Waals surface area contributed by atoms with Gasteiger partial charge in [-0.2, -0.15) is 0 Å². The summed E-state index contributed by atoms with van der Waals surface area (Å²) in [6, 6.07) is 12.2. The van der Waals surface area contributed by atoms with Crippen LogP contribution in [0.4, 0.5) is 0 Å². The monoisotopic (exact) mass is 298 g/mol. The summed E-state index contributed by atoms with van der Waals surface area (Å²) in [5, 5.41) is 3.06. The van der Waals surface area contributed by atoms with Gasteiger partial charge in [0.1, 0.15) is 0 Å². The number of nitrogens with zero attached hydrogens (tertiary/aromatic N) is 1. The van der Waals surface area contributed by atoms with E-state index in [4.69, 9.17) is 4.42 Å². The molecule has 1 aromatic carbocycles. The van der Waals surface area contributed by atoms with Gasteiger partial charge in [-0.1, -0.05) is 24.3 Å². The number of piperidine rings is 1. The highest BCUT2D eigenvalue weighted by Crippen LogP contribution is 2.16. The zero-order chi connectivity index (χ0) is 15.4. The SMILES string of the molecule is Cc1ccccc1CN1CCC(NC(=O)c2ccco2)CC1. The van der Waals surface area contributed by atoms with Gasteiger partial charge in [-0.15, -0.1) is 0 Å². The average molecular weight is 298 g/mol. The van der Waals surface area contributed by atoms with Gasteiger partial charge in [-0.25, -0.2) is 0 Å². The number of furan rings is 1. The van der Waals surface area contributed by atoms with E-state index in [-0.39, 0.29) is 11.9 Å². The largest absolute Gasteiger partial charge is 0.459 e. The molecule has 2 aromatic rings. The smallest absolute Gasteiger partial charge is 0.287 e. The first-order chi connectivity index (χ1) is 10.7. The lowest BCUT2D eigenvalue weighted by atomic mass is 10.0. The summed E-state index contributed by atoms with van der Waals surface area (Å²) in [6.45, 7) is 5.17. The first kappa shape index (κ1) is 14.9. The van der Waals surface area contributed by atoms with Crippen LogP contribution >= 0.6 is 0 Å². The Balaban J connectivity index is 1.48. The standard InChI is InChI=1S/C18H22N2O2/c1-14-5-2-3-6-15(14)13-20-10-8-16(9-11-20)19-18(21)17-7-4-12-22-17/h2-7,12,16H,8-11,13H2,1H3,(H,19,21). The summed E-state index contributed by atoms with van der Waals surface area (Å²) < 4.78 is 5.13. The van der Waals surface area contributed by atoms with Crippen LogP contribution in [0, 0.1) is 6.92 Å². The molecule has 4 nitrogen and oxygen atoms in total. The minimum Gasteiger partial charge on any atom is -0.459 e. The molecule has 1 N–H and O–H groups in total. The molecule has 0 atom stereocenters. The van der Waals surface area contributed by atoms with Crippen molar-refractivity contribution in [1.82, 2.24) is 10.2 Å². The minimum atomic E-state index is -0.109. The van der Waals surface area contributed by atoms with Crippen molar-refractivity contribution < 1.29 is 9.21 Å². The van der Waals surface area contributed by atoms with Gasteiger partial charge in [0, 0.05) is 25.7 Å². The number of carbonyl (C=O) groups excluding carboxylic acids is 1. The summed E-state index contributed by atoms with van der Waals surface area (Å²) in [5.74, 6) is 0.282. The van der Waals surface area contributed by atoms with Crippen LogP contribution in [0.3, 0.4) is 0 Å². The van der Waals surface area contributed by atoms with E-state index in [1.165, 1.54) is 17.4 Å². The maximum atomic E-state index is 12.0. The molecule has 4 heteroatoms. The number of amides is 1. The molecule has 0 aliphatic carbocycles. The second kappa shape index (κ2) is 6.79. The maximum Gasteiger partial charge on any atom is 0.287 e. The molecule has 2 heterocycles. The summed E-state index contributed by atoms with van der Waals surface area (Å²) in [5.41, 5.74) is 2.73. The number of likely N-dealkylation sites (tertiary alicyclic amines) is 1. The van der Waals surface area contributed by atoms with E-state index in [0.717, 1.165) is 32.5 Å². The number of carbonyl (C=O) groups is 1. The van der Waals surface area contributed by atoms with Gasteiger partial charge in [0.15, 0.2) is 5.76 Å². The van der Waals surface area contributed by atoms with Crippen molar-refractivity contribution in [3.05, 3.63) is 59.5 Å². The quantitative estimate of drug-likeness (QED) is 0.944. The van der Waals surface area contributed by atoms with Crippen LogP contribution < -0.4 is 5.32 Å². The predicted octanol–water partition coefficient (Wildman–Crippen LogP) is 2.98. The fourth-order valence-electron chi connectivity index (χ4n) is 2.93. The van der Waals surface area contributed by atoms with Crippen molar-refractivity contribution in [1.29, 1.82) is 0 Å². The van der Waals surface area contributed by atoms with Gasteiger partial charge in [0.2, 0.25) is 0 Å². The third-order valence-corrected chi connectivity index (χ3v) is 4.32. The molecule has 0 radical (unpaired) electrons. The highest BCUT2D eigenvalue weighted by molar-refractivity contribution is 5.91. The second-order valence-electron chi connectivity index (χ2n) is 5.93. The van der Waals surface area contributed by atoms with E-state index in [1.807, 2.05) is 0 Å². The first-order valence-corrected chi connectivity index (χ1v) is 7.83. The third-order valence-electron chi connectivity index (χ3n) is 4.32. The van der Waals surface area contributed by atoms with E-state index < -0.39 is 0 Å². The lowest BCUT2D eigenvalue weighted by Crippen LogP contribution is -2.44. The highest BCUT2D eigenvalue weighted by atomic mass is 16.3. The van der Waals surface area contributed by atoms with Gasteiger partial charge in [-0.3, -0.25) is 9.69 Å². The zero-order valence-electron chi connectivity index (χ0n) is 12.9. The lowest BCUT2D eigenvalue weighted by molar-refractivity contribution is 0.0881. The van der Waals surface area contributed by atoms with Crippen molar-refractivity contribution >= 4 is 5.91 Å². The molecule has 1 aromatic heterocycles. The topological polar surface area (TPSA) is 45.5 Å². The summed E-state index contributed by atoms with van der Waals surface area (Å²) in [4.78, 5) is 14.4. The minimum absolute atomic E-state index is 0.109. The van der Waals surface area contributed by atoms with Crippen LogP contribution in [-0.4, -0.2) is 29.9 Å². The molecule has 0 saturated carbocycles. The van der Waals surface area contributed by atoms with Crippen LogP contribution in [-0.2, 0) is 6.54 Å². The number of nitrogens with one attached hydrogen (secondary N) is 1. The summed E-state index contributed by atoms with van der Waals surface area (Å²) in [7, 11) is 0. The number of hydrogen-bond acceptors (Lipinski definition) is 3. The molecule has 116 valence electrons. The molecule has 3 rings (SSSR count). The number of rotatable bonds is 4. The van der Waals surface area contributed by atoms with E-state index in [2.05, 4.69) is 41.4 Å². The molecular formula is C18H22N2O2. The van der Waals surface area contributed by atoms with E-state index in [1.54, 1.807) is 12.1 Å². The van der Waals surface area contributed by atoms with Gasteiger partial charge >= 0.3 is 0 Å². The molecule has 0 unspecified atom stereocenters. The Morgan fingerprint density at radius 1 is 1.23 bits per heavy atom. The van der Waals surface area contributed by atoms with Crippen molar-refractivity contribution in [2.75, 3.05) is 13.1 Å². The fraction of sp³-hybridized carbons (Fsp3) is 0.389. The molecule has 1 amide bonds. The molecule has 1 aliphatic heterocycles. The van der Waals surface area contributed by atoms with Crippen molar-refractivity contribution in [2.24, 2.45) is 0 Å². The van der Waals surface area contributed by atoms with Crippen LogP contribution in [0.25, 0.3) is 0 Å². The summed E-state index contributed by atoms with van der Waals surface area (Å²) in [6.07, 6.45) is 3.50. The molecule has 1 fully saturated rings. The number of benzene rings is 1. The summed E-state index contributed by atoms with van der Waals surface area (Å²) >= 11 is 0. The third kappa shape index (κ3) is 3.57. The Morgan fingerprint density at radius 3 is 2.68 bits per heavy atom. The fourth-order valence-corrected chi connectivity index (χ4v) is 2.93. The predicted molar refractivity (Wildman–Crippen MR) is 85.7 cm³/mol. The van der Waals surface area contributed by atoms with Gasteiger partial charge in [0.05, 0.1) is 6.26 Å². The number of hydrogen-bond donors (Lipinski definition) is 1. The highest BCUT2D eigenvalue weighted by Gasteiger charge is 2.22. The number of aryl methyl sites for hydroxylation is 1. The van der Waals surface area contributed by atoms with Gasteiger partial charge < -0.3 is 9.73 Å². The maximum absolute atomic E-state index is 12.0. The van der Waals surface area contributed by atoms with Gasteiger partial charge in [-0.05, 0) is 43.0 Å². The van der Waals surface area contributed by atoms with E-state index in [9.17, 15) is 4.79 Å². The molecule has 0 spiro atoms. The van der Waals surface area contributed by atoms with Crippen LogP contribution in [0.1, 0.15) is 34.5 Å². The molecule has 0 bridgehead atoms. The second-order valence-corrected chi connectivity index (χ2v) is 5.93. The van der Waals surface area contributed by atoms with Crippen molar-refractivity contribution in [2.45, 2.75) is 32.4 Å². The zero-order valence-corrected chi connectivity index (χ0v) is 12.9. The molecule has 1 aliphatic rings. The lowest BCUT2D eigenvalue weighted by Gasteiger charge is -2.32.